The Hall–Kier alpha value is -0.550. The summed E-state index contributed by atoms with van der Waals surface area (Å²) >= 11 is 1.47. The second-order valence-corrected chi connectivity index (χ2v) is 5.76. The van der Waals surface area contributed by atoms with Crippen LogP contribution in [0.3, 0.4) is 0 Å². The molecule has 0 saturated heterocycles. The molecule has 0 aliphatic rings. The van der Waals surface area contributed by atoms with Gasteiger partial charge in [0, 0.05) is 5.38 Å². The Morgan fingerprint density at radius 3 is 2.77 bits per heavy atom. The Bertz CT molecular complexity index is 342. The number of thiophene rings is 1. The van der Waals surface area contributed by atoms with Crippen LogP contribution in [0.15, 0.2) is 16.8 Å². The highest BCUT2D eigenvalue weighted by Gasteiger charge is 2.18. The van der Waals surface area contributed by atoms with Crippen LogP contribution in [0.25, 0.3) is 0 Å². The van der Waals surface area contributed by atoms with E-state index in [0.29, 0.717) is 12.1 Å². The SMILES string of the molecule is CCC(C)S(=O)(=O)Nc1ccsc1. The summed E-state index contributed by atoms with van der Waals surface area (Å²) in [5.41, 5.74) is 0.658. The van der Waals surface area contributed by atoms with E-state index in [9.17, 15) is 8.42 Å². The van der Waals surface area contributed by atoms with Gasteiger partial charge in [0.05, 0.1) is 10.9 Å². The molecule has 13 heavy (non-hydrogen) atoms. The molecular formula is C8H13NO2S2. The molecule has 1 rings (SSSR count). The Balaban J connectivity index is 2.74. The summed E-state index contributed by atoms with van der Waals surface area (Å²) in [6.07, 6.45) is 0.624. The Kier molecular flexibility index (Phi) is 3.33. The van der Waals surface area contributed by atoms with Gasteiger partial charge in [-0.2, -0.15) is 11.3 Å². The van der Waals surface area contributed by atoms with Crippen LogP contribution in [-0.4, -0.2) is 13.7 Å². The van der Waals surface area contributed by atoms with Gasteiger partial charge >= 0.3 is 0 Å². The van der Waals surface area contributed by atoms with Gasteiger partial charge in [-0.05, 0) is 24.8 Å². The van der Waals surface area contributed by atoms with Crippen molar-refractivity contribution in [1.29, 1.82) is 0 Å². The first kappa shape index (κ1) is 10.5. The Morgan fingerprint density at radius 2 is 2.31 bits per heavy atom. The molecule has 1 aromatic rings. The summed E-state index contributed by atoms with van der Waals surface area (Å²) in [6, 6.07) is 1.75. The molecule has 74 valence electrons. The standard InChI is InChI=1S/C8H13NO2S2/c1-3-7(2)13(10,11)9-8-4-5-12-6-8/h4-7,9H,3H2,1-2H3. The summed E-state index contributed by atoms with van der Waals surface area (Å²) in [4.78, 5) is 0. The van der Waals surface area contributed by atoms with E-state index >= 15 is 0 Å². The fourth-order valence-corrected chi connectivity index (χ4v) is 2.56. The monoisotopic (exact) mass is 219 g/mol. The molecule has 0 fully saturated rings. The lowest BCUT2D eigenvalue weighted by atomic mass is 10.4. The van der Waals surface area contributed by atoms with Crippen LogP contribution in [0.4, 0.5) is 5.69 Å². The summed E-state index contributed by atoms with van der Waals surface area (Å²) in [5.74, 6) is 0. The molecule has 0 aromatic carbocycles. The zero-order chi connectivity index (χ0) is 9.90. The maximum Gasteiger partial charge on any atom is 0.235 e. The zero-order valence-electron chi connectivity index (χ0n) is 7.65. The number of rotatable bonds is 4. The number of hydrogen-bond donors (Lipinski definition) is 1. The zero-order valence-corrected chi connectivity index (χ0v) is 9.28. The molecular weight excluding hydrogens is 206 g/mol. The van der Waals surface area contributed by atoms with Crippen LogP contribution in [0, 0.1) is 0 Å². The largest absolute Gasteiger partial charge is 0.282 e. The minimum absolute atomic E-state index is 0.340. The van der Waals surface area contributed by atoms with Crippen molar-refractivity contribution in [3.05, 3.63) is 16.8 Å². The average molecular weight is 219 g/mol. The fourth-order valence-electron chi connectivity index (χ4n) is 0.807. The van der Waals surface area contributed by atoms with Gasteiger partial charge in [-0.15, -0.1) is 0 Å². The molecule has 1 aromatic heterocycles. The molecule has 1 heterocycles. The number of anilines is 1. The summed E-state index contributed by atoms with van der Waals surface area (Å²) < 4.78 is 25.6. The van der Waals surface area contributed by atoms with Crippen molar-refractivity contribution in [2.45, 2.75) is 25.5 Å². The molecule has 0 bridgehead atoms. The van der Waals surface area contributed by atoms with Gasteiger partial charge in [0.1, 0.15) is 0 Å². The number of nitrogens with one attached hydrogen (secondary N) is 1. The van der Waals surface area contributed by atoms with Gasteiger partial charge in [0.2, 0.25) is 10.0 Å². The van der Waals surface area contributed by atoms with Crippen LogP contribution in [-0.2, 0) is 10.0 Å². The predicted octanol–water partition coefficient (Wildman–Crippen LogP) is 2.29. The van der Waals surface area contributed by atoms with E-state index in [0.717, 1.165) is 0 Å². The van der Waals surface area contributed by atoms with Crippen molar-refractivity contribution < 1.29 is 8.42 Å². The molecule has 0 saturated carbocycles. The Labute approximate surface area is 82.8 Å². The first-order valence-corrected chi connectivity index (χ1v) is 6.59. The highest BCUT2D eigenvalue weighted by atomic mass is 32.2. The van der Waals surface area contributed by atoms with Crippen molar-refractivity contribution in [3.8, 4) is 0 Å². The molecule has 0 aliphatic heterocycles. The summed E-state index contributed by atoms with van der Waals surface area (Å²) in [6.45, 7) is 3.56. The maximum atomic E-state index is 11.5. The van der Waals surface area contributed by atoms with Gasteiger partial charge in [0.15, 0.2) is 0 Å². The van der Waals surface area contributed by atoms with E-state index < -0.39 is 10.0 Å². The van der Waals surface area contributed by atoms with Crippen molar-refractivity contribution in [3.63, 3.8) is 0 Å². The van der Waals surface area contributed by atoms with Crippen LogP contribution in [0.1, 0.15) is 20.3 Å². The molecule has 5 heteroatoms. The smallest absolute Gasteiger partial charge is 0.235 e. The lowest BCUT2D eigenvalue weighted by Gasteiger charge is -2.11. The fraction of sp³-hybridized carbons (Fsp3) is 0.500. The highest BCUT2D eigenvalue weighted by molar-refractivity contribution is 7.93. The van der Waals surface area contributed by atoms with Crippen LogP contribution in [0.5, 0.6) is 0 Å². The predicted molar refractivity (Wildman–Crippen MR) is 56.6 cm³/mol. The average Bonchev–Trinajstić information content (AvgIpc) is 2.54. The van der Waals surface area contributed by atoms with E-state index in [-0.39, 0.29) is 5.25 Å². The first-order chi connectivity index (χ1) is 6.06. The van der Waals surface area contributed by atoms with Crippen molar-refractivity contribution in [2.75, 3.05) is 4.72 Å². The van der Waals surface area contributed by atoms with Crippen LogP contribution < -0.4 is 4.72 Å². The van der Waals surface area contributed by atoms with Gasteiger partial charge in [-0.1, -0.05) is 6.92 Å². The Morgan fingerprint density at radius 1 is 1.62 bits per heavy atom. The molecule has 0 spiro atoms. The molecule has 0 aliphatic carbocycles. The maximum absolute atomic E-state index is 11.5. The van der Waals surface area contributed by atoms with Gasteiger partial charge < -0.3 is 0 Å². The molecule has 1 atom stereocenters. The van der Waals surface area contributed by atoms with Crippen molar-refractivity contribution in [2.24, 2.45) is 0 Å². The minimum Gasteiger partial charge on any atom is -0.282 e. The number of hydrogen-bond acceptors (Lipinski definition) is 3. The topological polar surface area (TPSA) is 46.2 Å². The third kappa shape index (κ3) is 2.70. The lowest BCUT2D eigenvalue weighted by Crippen LogP contribution is -2.24. The van der Waals surface area contributed by atoms with Crippen LogP contribution in [0.2, 0.25) is 0 Å². The van der Waals surface area contributed by atoms with Gasteiger partial charge in [-0.25, -0.2) is 8.42 Å². The van der Waals surface area contributed by atoms with Crippen molar-refractivity contribution in [1.82, 2.24) is 0 Å². The molecule has 0 amide bonds. The second kappa shape index (κ2) is 4.11. The van der Waals surface area contributed by atoms with Crippen molar-refractivity contribution >= 4 is 27.0 Å². The summed E-state index contributed by atoms with van der Waals surface area (Å²) in [5, 5.41) is 3.28. The normalized spacial score (nSPS) is 14.0. The van der Waals surface area contributed by atoms with Gasteiger partial charge in [-0.3, -0.25) is 4.72 Å². The minimum atomic E-state index is -3.18. The quantitative estimate of drug-likeness (QED) is 0.844. The van der Waals surface area contributed by atoms with E-state index in [1.54, 1.807) is 18.4 Å². The van der Waals surface area contributed by atoms with E-state index in [4.69, 9.17) is 0 Å². The van der Waals surface area contributed by atoms with Gasteiger partial charge in [0.25, 0.3) is 0 Å². The molecule has 1 N–H and O–H groups in total. The molecule has 1 unspecified atom stereocenters. The third-order valence-electron chi connectivity index (χ3n) is 1.89. The van der Waals surface area contributed by atoms with E-state index in [1.165, 1.54) is 11.3 Å². The highest BCUT2D eigenvalue weighted by Crippen LogP contribution is 2.16. The van der Waals surface area contributed by atoms with E-state index in [2.05, 4.69) is 4.72 Å². The number of sulfonamides is 1. The third-order valence-corrected chi connectivity index (χ3v) is 4.48. The first-order valence-electron chi connectivity index (χ1n) is 4.10. The molecule has 3 nitrogen and oxygen atoms in total. The summed E-state index contributed by atoms with van der Waals surface area (Å²) in [7, 11) is -3.18. The molecule has 0 radical (unpaired) electrons. The van der Waals surface area contributed by atoms with Crippen LogP contribution >= 0.6 is 11.3 Å². The second-order valence-electron chi connectivity index (χ2n) is 2.88. The van der Waals surface area contributed by atoms with E-state index in [1.807, 2.05) is 12.3 Å². The lowest BCUT2D eigenvalue weighted by molar-refractivity contribution is 0.586.